The second-order valence-electron chi connectivity index (χ2n) is 2.72. The molecule has 1 aromatic rings. The van der Waals surface area contributed by atoms with Crippen LogP contribution < -0.4 is 5.32 Å². The molecule has 0 spiro atoms. The summed E-state index contributed by atoms with van der Waals surface area (Å²) in [5, 5.41) is 7.50. The fraction of sp³-hybridized carbons (Fsp3) is 0.625. The summed E-state index contributed by atoms with van der Waals surface area (Å²) in [6.07, 6.45) is 2.10. The van der Waals surface area contributed by atoms with E-state index in [4.69, 9.17) is 0 Å². The van der Waals surface area contributed by atoms with Gasteiger partial charge < -0.3 is 5.32 Å². The van der Waals surface area contributed by atoms with E-state index in [1.807, 2.05) is 37.5 Å². The lowest BCUT2D eigenvalue weighted by Gasteiger charge is -2.03. The van der Waals surface area contributed by atoms with E-state index < -0.39 is 0 Å². The highest BCUT2D eigenvalue weighted by Crippen LogP contribution is 2.21. The molecule has 0 aliphatic carbocycles. The van der Waals surface area contributed by atoms with Gasteiger partial charge in [-0.3, -0.25) is 4.68 Å². The molecule has 0 atom stereocenters. The molecule has 0 aliphatic rings. The summed E-state index contributed by atoms with van der Waals surface area (Å²) < 4.78 is 1.89. The maximum absolute atomic E-state index is 4.34. The third kappa shape index (κ3) is 1.58. The lowest BCUT2D eigenvalue weighted by Crippen LogP contribution is -1.99. The van der Waals surface area contributed by atoms with Crippen LogP contribution in [0.5, 0.6) is 0 Å². The van der Waals surface area contributed by atoms with Gasteiger partial charge in [0.25, 0.3) is 0 Å². The predicted molar refractivity (Wildman–Crippen MR) is 54.7 cm³/mol. The summed E-state index contributed by atoms with van der Waals surface area (Å²) in [4.78, 5) is 0. The molecule has 1 heterocycles. The zero-order valence-corrected chi connectivity index (χ0v) is 8.83. The molecule has 4 heteroatoms. The van der Waals surface area contributed by atoms with E-state index in [-0.39, 0.29) is 0 Å². The molecule has 1 N–H and O–H groups in total. The van der Waals surface area contributed by atoms with Gasteiger partial charge in [0.05, 0.1) is 5.69 Å². The minimum absolute atomic E-state index is 1.02. The number of hydrogen-bond acceptors (Lipinski definition) is 3. The Morgan fingerprint density at radius 3 is 2.75 bits per heavy atom. The van der Waals surface area contributed by atoms with Gasteiger partial charge in [0.2, 0.25) is 0 Å². The van der Waals surface area contributed by atoms with E-state index in [1.165, 1.54) is 5.56 Å². The quantitative estimate of drug-likeness (QED) is 0.776. The van der Waals surface area contributed by atoms with Crippen LogP contribution in [0, 0.1) is 6.92 Å². The molecular weight excluding hydrogens is 170 g/mol. The molecule has 0 aromatic carbocycles. The molecule has 0 aliphatic heterocycles. The Morgan fingerprint density at radius 2 is 2.25 bits per heavy atom. The van der Waals surface area contributed by atoms with Crippen LogP contribution in [0.15, 0.2) is 0 Å². The number of hydrogen-bond donors (Lipinski definition) is 1. The summed E-state index contributed by atoms with van der Waals surface area (Å²) in [7, 11) is 3.89. The van der Waals surface area contributed by atoms with Gasteiger partial charge in [0, 0.05) is 25.4 Å². The van der Waals surface area contributed by atoms with E-state index >= 15 is 0 Å². The van der Waals surface area contributed by atoms with Gasteiger partial charge in [0.15, 0.2) is 0 Å². The fourth-order valence-electron chi connectivity index (χ4n) is 1.33. The molecule has 0 radical (unpaired) electrons. The molecule has 68 valence electrons. The number of nitrogens with zero attached hydrogens (tertiary/aromatic N) is 2. The first-order valence-electron chi connectivity index (χ1n) is 3.89. The first-order chi connectivity index (χ1) is 5.70. The highest BCUT2D eigenvalue weighted by atomic mass is 32.2. The van der Waals surface area contributed by atoms with Crippen LogP contribution in [-0.2, 0) is 12.8 Å². The number of rotatable bonds is 3. The van der Waals surface area contributed by atoms with Crippen molar-refractivity contribution >= 4 is 17.6 Å². The second kappa shape index (κ2) is 3.85. The van der Waals surface area contributed by atoms with Crippen molar-refractivity contribution in [2.24, 2.45) is 7.05 Å². The first kappa shape index (κ1) is 9.45. The Kier molecular flexibility index (Phi) is 3.03. The van der Waals surface area contributed by atoms with Crippen LogP contribution in [0.4, 0.5) is 5.82 Å². The van der Waals surface area contributed by atoms with E-state index in [2.05, 4.69) is 16.7 Å². The normalized spacial score (nSPS) is 10.3. The molecule has 3 nitrogen and oxygen atoms in total. The topological polar surface area (TPSA) is 29.9 Å². The van der Waals surface area contributed by atoms with Crippen molar-refractivity contribution in [3.63, 3.8) is 0 Å². The monoisotopic (exact) mass is 185 g/mol. The van der Waals surface area contributed by atoms with Crippen LogP contribution >= 0.6 is 11.8 Å². The van der Waals surface area contributed by atoms with Gasteiger partial charge in [0.1, 0.15) is 5.82 Å². The second-order valence-corrected chi connectivity index (χ2v) is 3.59. The van der Waals surface area contributed by atoms with E-state index in [0.717, 1.165) is 17.3 Å². The van der Waals surface area contributed by atoms with Crippen LogP contribution in [-0.4, -0.2) is 23.1 Å². The third-order valence-electron chi connectivity index (χ3n) is 1.87. The molecule has 0 saturated carbocycles. The van der Waals surface area contributed by atoms with Crippen molar-refractivity contribution in [1.82, 2.24) is 9.78 Å². The molecule has 0 saturated heterocycles. The molecule has 0 amide bonds. The van der Waals surface area contributed by atoms with Gasteiger partial charge in [-0.1, -0.05) is 0 Å². The summed E-state index contributed by atoms with van der Waals surface area (Å²) in [5.41, 5.74) is 2.43. The predicted octanol–water partition coefficient (Wildman–Crippen LogP) is 1.63. The third-order valence-corrected chi connectivity index (χ3v) is 2.45. The van der Waals surface area contributed by atoms with Crippen LogP contribution in [0.25, 0.3) is 0 Å². The minimum atomic E-state index is 1.02. The number of nitrogens with one attached hydrogen (secondary N) is 1. The molecule has 0 bridgehead atoms. The summed E-state index contributed by atoms with van der Waals surface area (Å²) >= 11 is 1.82. The average molecular weight is 185 g/mol. The largest absolute Gasteiger partial charge is 0.373 e. The SMILES string of the molecule is CNc1c(CSC)c(C)nn1C. The molecule has 1 aromatic heterocycles. The van der Waals surface area contributed by atoms with E-state index in [9.17, 15) is 0 Å². The van der Waals surface area contributed by atoms with E-state index in [1.54, 1.807) is 0 Å². The molecule has 0 fully saturated rings. The number of anilines is 1. The fourth-order valence-corrected chi connectivity index (χ4v) is 1.97. The molecule has 12 heavy (non-hydrogen) atoms. The first-order valence-corrected chi connectivity index (χ1v) is 5.29. The number of thioether (sulfide) groups is 1. The standard InChI is InChI=1S/C8H15N3S/c1-6-7(5-12-4)8(9-2)11(3)10-6/h9H,5H2,1-4H3. The Bertz CT molecular complexity index is 268. The van der Waals surface area contributed by atoms with Gasteiger partial charge in [-0.15, -0.1) is 0 Å². The average Bonchev–Trinajstić information content (AvgIpc) is 2.28. The molecule has 0 unspecified atom stereocenters. The van der Waals surface area contributed by atoms with Gasteiger partial charge >= 0.3 is 0 Å². The lowest BCUT2D eigenvalue weighted by atomic mass is 10.3. The summed E-state index contributed by atoms with van der Waals surface area (Å²) in [6.45, 7) is 2.05. The smallest absolute Gasteiger partial charge is 0.128 e. The van der Waals surface area contributed by atoms with Crippen LogP contribution in [0.3, 0.4) is 0 Å². The Hall–Kier alpha value is -0.640. The summed E-state index contributed by atoms with van der Waals surface area (Å²) in [5.74, 6) is 2.15. The van der Waals surface area contributed by atoms with Crippen molar-refractivity contribution in [2.75, 3.05) is 18.6 Å². The van der Waals surface area contributed by atoms with Crippen molar-refractivity contribution < 1.29 is 0 Å². The van der Waals surface area contributed by atoms with Crippen LogP contribution in [0.2, 0.25) is 0 Å². The van der Waals surface area contributed by atoms with Gasteiger partial charge in [-0.05, 0) is 13.2 Å². The maximum Gasteiger partial charge on any atom is 0.128 e. The Balaban J connectivity index is 3.04. The van der Waals surface area contributed by atoms with Crippen molar-refractivity contribution in [3.8, 4) is 0 Å². The number of aryl methyl sites for hydroxylation is 2. The Labute approximate surface area is 77.5 Å². The van der Waals surface area contributed by atoms with Crippen molar-refractivity contribution in [2.45, 2.75) is 12.7 Å². The van der Waals surface area contributed by atoms with Gasteiger partial charge in [-0.25, -0.2) is 0 Å². The van der Waals surface area contributed by atoms with Crippen LogP contribution in [0.1, 0.15) is 11.3 Å². The minimum Gasteiger partial charge on any atom is -0.373 e. The van der Waals surface area contributed by atoms with E-state index in [0.29, 0.717) is 0 Å². The van der Waals surface area contributed by atoms with Crippen molar-refractivity contribution in [1.29, 1.82) is 0 Å². The zero-order valence-electron chi connectivity index (χ0n) is 8.01. The lowest BCUT2D eigenvalue weighted by molar-refractivity contribution is 0.763. The zero-order chi connectivity index (χ0) is 9.14. The van der Waals surface area contributed by atoms with Crippen molar-refractivity contribution in [3.05, 3.63) is 11.3 Å². The molecular formula is C8H15N3S. The summed E-state index contributed by atoms with van der Waals surface area (Å²) in [6, 6.07) is 0. The Morgan fingerprint density at radius 1 is 1.58 bits per heavy atom. The molecule has 1 rings (SSSR count). The highest BCUT2D eigenvalue weighted by molar-refractivity contribution is 7.97. The highest BCUT2D eigenvalue weighted by Gasteiger charge is 2.10. The maximum atomic E-state index is 4.34. The van der Waals surface area contributed by atoms with Gasteiger partial charge in [-0.2, -0.15) is 16.9 Å². The number of aromatic nitrogens is 2.